The van der Waals surface area contributed by atoms with Gasteiger partial charge in [0.25, 0.3) is 5.91 Å². The fourth-order valence-electron chi connectivity index (χ4n) is 1.66. The SMILES string of the molecule is COc1cnccc1C(=O)NC(CC(C)C)C(=O)O. The number of ether oxygens (including phenoxy) is 1. The topological polar surface area (TPSA) is 88.5 Å². The Morgan fingerprint density at radius 3 is 2.68 bits per heavy atom. The number of nitrogens with one attached hydrogen (secondary N) is 1. The third-order valence-corrected chi connectivity index (χ3v) is 2.56. The lowest BCUT2D eigenvalue weighted by Gasteiger charge is -2.17. The molecular formula is C13H18N2O4. The second-order valence-corrected chi connectivity index (χ2v) is 4.57. The molecule has 19 heavy (non-hydrogen) atoms. The van der Waals surface area contributed by atoms with Crippen LogP contribution in [0.5, 0.6) is 5.75 Å². The number of carbonyl (C=O) groups is 2. The van der Waals surface area contributed by atoms with Crippen molar-refractivity contribution in [2.45, 2.75) is 26.3 Å². The molecule has 0 fully saturated rings. The zero-order valence-corrected chi connectivity index (χ0v) is 11.2. The smallest absolute Gasteiger partial charge is 0.326 e. The highest BCUT2D eigenvalue weighted by Crippen LogP contribution is 2.16. The quantitative estimate of drug-likeness (QED) is 0.810. The van der Waals surface area contributed by atoms with Gasteiger partial charge in [0.1, 0.15) is 11.8 Å². The van der Waals surface area contributed by atoms with Crippen LogP contribution in [0.4, 0.5) is 0 Å². The molecule has 0 bridgehead atoms. The van der Waals surface area contributed by atoms with Gasteiger partial charge in [-0.15, -0.1) is 0 Å². The molecule has 1 aromatic heterocycles. The molecule has 1 heterocycles. The van der Waals surface area contributed by atoms with Crippen LogP contribution >= 0.6 is 0 Å². The summed E-state index contributed by atoms with van der Waals surface area (Å²) in [5, 5.41) is 11.6. The van der Waals surface area contributed by atoms with Gasteiger partial charge >= 0.3 is 5.97 Å². The maximum atomic E-state index is 12.0. The van der Waals surface area contributed by atoms with E-state index in [1.165, 1.54) is 25.6 Å². The number of pyridine rings is 1. The van der Waals surface area contributed by atoms with Gasteiger partial charge in [-0.25, -0.2) is 4.79 Å². The van der Waals surface area contributed by atoms with E-state index in [1.807, 2.05) is 13.8 Å². The van der Waals surface area contributed by atoms with Gasteiger partial charge in [-0.1, -0.05) is 13.8 Å². The van der Waals surface area contributed by atoms with Gasteiger partial charge < -0.3 is 15.2 Å². The molecule has 6 heteroatoms. The van der Waals surface area contributed by atoms with Crippen LogP contribution < -0.4 is 10.1 Å². The predicted molar refractivity (Wildman–Crippen MR) is 69.1 cm³/mol. The van der Waals surface area contributed by atoms with Gasteiger partial charge in [0, 0.05) is 6.20 Å². The summed E-state index contributed by atoms with van der Waals surface area (Å²) < 4.78 is 5.02. The number of amides is 1. The number of aromatic nitrogens is 1. The minimum atomic E-state index is -1.05. The Bertz CT molecular complexity index is 460. The van der Waals surface area contributed by atoms with E-state index >= 15 is 0 Å². The number of hydrogen-bond acceptors (Lipinski definition) is 4. The molecule has 0 saturated heterocycles. The third kappa shape index (κ3) is 4.24. The lowest BCUT2D eigenvalue weighted by molar-refractivity contribution is -0.139. The van der Waals surface area contributed by atoms with Crippen molar-refractivity contribution in [3.05, 3.63) is 24.0 Å². The summed E-state index contributed by atoms with van der Waals surface area (Å²) in [7, 11) is 1.43. The molecule has 104 valence electrons. The number of carboxylic acid groups (broad SMARTS) is 1. The van der Waals surface area contributed by atoms with Crippen molar-refractivity contribution in [3.63, 3.8) is 0 Å². The molecule has 2 N–H and O–H groups in total. The number of aliphatic carboxylic acids is 1. The molecular weight excluding hydrogens is 248 g/mol. The maximum absolute atomic E-state index is 12.0. The Balaban J connectivity index is 2.84. The average molecular weight is 266 g/mol. The number of methoxy groups -OCH3 is 1. The van der Waals surface area contributed by atoms with Crippen molar-refractivity contribution >= 4 is 11.9 Å². The van der Waals surface area contributed by atoms with Crippen molar-refractivity contribution in [2.75, 3.05) is 7.11 Å². The van der Waals surface area contributed by atoms with Gasteiger partial charge in [0.2, 0.25) is 0 Å². The molecule has 0 saturated carbocycles. The van der Waals surface area contributed by atoms with E-state index in [4.69, 9.17) is 9.84 Å². The van der Waals surface area contributed by atoms with Crippen LogP contribution in [-0.2, 0) is 4.79 Å². The molecule has 1 atom stereocenters. The predicted octanol–water partition coefficient (Wildman–Crippen LogP) is 1.32. The van der Waals surface area contributed by atoms with E-state index in [1.54, 1.807) is 0 Å². The van der Waals surface area contributed by atoms with E-state index in [0.29, 0.717) is 12.2 Å². The van der Waals surface area contributed by atoms with Crippen molar-refractivity contribution in [2.24, 2.45) is 5.92 Å². The Morgan fingerprint density at radius 2 is 2.16 bits per heavy atom. The lowest BCUT2D eigenvalue weighted by Crippen LogP contribution is -2.41. The first-order chi connectivity index (χ1) is 8.95. The monoisotopic (exact) mass is 266 g/mol. The van der Waals surface area contributed by atoms with Gasteiger partial charge in [0.15, 0.2) is 0 Å². The van der Waals surface area contributed by atoms with Crippen molar-refractivity contribution in [1.82, 2.24) is 10.3 Å². The van der Waals surface area contributed by atoms with E-state index < -0.39 is 17.9 Å². The highest BCUT2D eigenvalue weighted by Gasteiger charge is 2.23. The van der Waals surface area contributed by atoms with Crippen LogP contribution in [0.1, 0.15) is 30.6 Å². The summed E-state index contributed by atoms with van der Waals surface area (Å²) in [5.74, 6) is -1.04. The largest absolute Gasteiger partial charge is 0.494 e. The number of hydrogen-bond donors (Lipinski definition) is 2. The summed E-state index contributed by atoms with van der Waals surface area (Å²) in [6.07, 6.45) is 3.23. The molecule has 1 rings (SSSR count). The first kappa shape index (κ1) is 14.9. The standard InChI is InChI=1S/C13H18N2O4/c1-8(2)6-10(13(17)18)15-12(16)9-4-5-14-7-11(9)19-3/h4-5,7-8,10H,6H2,1-3H3,(H,15,16)(H,17,18). The van der Waals surface area contributed by atoms with Gasteiger partial charge in [-0.05, 0) is 18.4 Å². The van der Waals surface area contributed by atoms with Crippen LogP contribution in [0, 0.1) is 5.92 Å². The fourth-order valence-corrected chi connectivity index (χ4v) is 1.66. The third-order valence-electron chi connectivity index (χ3n) is 2.56. The first-order valence-electron chi connectivity index (χ1n) is 5.97. The lowest BCUT2D eigenvalue weighted by atomic mass is 10.0. The molecule has 1 unspecified atom stereocenters. The minimum absolute atomic E-state index is 0.167. The van der Waals surface area contributed by atoms with Crippen LogP contribution in [0.2, 0.25) is 0 Å². The molecule has 0 aliphatic rings. The second kappa shape index (κ2) is 6.72. The molecule has 0 aliphatic carbocycles. The molecule has 6 nitrogen and oxygen atoms in total. The highest BCUT2D eigenvalue weighted by molar-refractivity contribution is 5.98. The second-order valence-electron chi connectivity index (χ2n) is 4.57. The average Bonchev–Trinajstić information content (AvgIpc) is 2.37. The Morgan fingerprint density at radius 1 is 1.47 bits per heavy atom. The zero-order chi connectivity index (χ0) is 14.4. The summed E-state index contributed by atoms with van der Waals surface area (Å²) in [4.78, 5) is 27.0. The van der Waals surface area contributed by atoms with E-state index in [2.05, 4.69) is 10.3 Å². The van der Waals surface area contributed by atoms with E-state index in [0.717, 1.165) is 0 Å². The Hall–Kier alpha value is -2.11. The van der Waals surface area contributed by atoms with Crippen molar-refractivity contribution in [1.29, 1.82) is 0 Å². The molecule has 0 spiro atoms. The van der Waals surface area contributed by atoms with E-state index in [9.17, 15) is 9.59 Å². The number of carbonyl (C=O) groups excluding carboxylic acids is 1. The highest BCUT2D eigenvalue weighted by atomic mass is 16.5. The summed E-state index contributed by atoms with van der Waals surface area (Å²) in [6, 6.07) is 0.577. The molecule has 1 aromatic rings. The van der Waals surface area contributed by atoms with Gasteiger partial charge in [-0.3, -0.25) is 9.78 Å². The number of rotatable bonds is 6. The van der Waals surface area contributed by atoms with Crippen LogP contribution in [-0.4, -0.2) is 35.1 Å². The van der Waals surface area contributed by atoms with Gasteiger partial charge in [0.05, 0.1) is 18.9 Å². The van der Waals surface area contributed by atoms with E-state index in [-0.39, 0.29) is 11.5 Å². The molecule has 0 radical (unpaired) electrons. The van der Waals surface area contributed by atoms with Crippen molar-refractivity contribution < 1.29 is 19.4 Å². The van der Waals surface area contributed by atoms with Crippen molar-refractivity contribution in [3.8, 4) is 5.75 Å². The number of nitrogens with zero attached hydrogens (tertiary/aromatic N) is 1. The van der Waals surface area contributed by atoms with Gasteiger partial charge in [-0.2, -0.15) is 0 Å². The fraction of sp³-hybridized carbons (Fsp3) is 0.462. The molecule has 1 amide bonds. The Kier molecular flexibility index (Phi) is 5.29. The Labute approximate surface area is 111 Å². The maximum Gasteiger partial charge on any atom is 0.326 e. The minimum Gasteiger partial charge on any atom is -0.494 e. The first-order valence-corrected chi connectivity index (χ1v) is 5.97. The van der Waals surface area contributed by atoms with Crippen LogP contribution in [0.15, 0.2) is 18.5 Å². The number of carboxylic acids is 1. The molecule has 0 aliphatic heterocycles. The summed E-state index contributed by atoms with van der Waals surface area (Å²) in [6.45, 7) is 3.80. The summed E-state index contributed by atoms with van der Waals surface area (Å²) in [5.41, 5.74) is 0.271. The van der Waals surface area contributed by atoms with Crippen LogP contribution in [0.25, 0.3) is 0 Å². The normalized spacial score (nSPS) is 12.0. The molecule has 0 aromatic carbocycles. The summed E-state index contributed by atoms with van der Waals surface area (Å²) >= 11 is 0. The zero-order valence-electron chi connectivity index (χ0n) is 11.2. The van der Waals surface area contributed by atoms with Crippen LogP contribution in [0.3, 0.4) is 0 Å².